The van der Waals surface area contributed by atoms with Gasteiger partial charge in [0.25, 0.3) is 5.56 Å². The normalized spacial score (nSPS) is 10.6. The van der Waals surface area contributed by atoms with Gasteiger partial charge in [0.15, 0.2) is 10.3 Å². The van der Waals surface area contributed by atoms with Crippen LogP contribution in [0.4, 0.5) is 9.52 Å². The number of hydrogen-bond acceptors (Lipinski definition) is 7. The van der Waals surface area contributed by atoms with Crippen LogP contribution in [-0.2, 0) is 28.2 Å². The van der Waals surface area contributed by atoms with Crippen LogP contribution in [0.1, 0.15) is 17.0 Å². The van der Waals surface area contributed by atoms with Gasteiger partial charge in [-0.15, -0.1) is 11.3 Å². The summed E-state index contributed by atoms with van der Waals surface area (Å²) in [6.45, 7) is 0. The SMILES string of the molecule is CNC(=O)Cc1csc(NC(=O)Cc2cc(=O)[nH]c(SCc3ccc(F)cc3)n2)n1. The number of aromatic nitrogens is 3. The van der Waals surface area contributed by atoms with Gasteiger partial charge in [0.1, 0.15) is 5.82 Å². The van der Waals surface area contributed by atoms with Crippen molar-refractivity contribution in [2.75, 3.05) is 12.4 Å². The second kappa shape index (κ2) is 10.1. The van der Waals surface area contributed by atoms with E-state index >= 15 is 0 Å². The molecule has 0 fully saturated rings. The van der Waals surface area contributed by atoms with Crippen LogP contribution >= 0.6 is 23.1 Å². The molecule has 0 atom stereocenters. The molecule has 0 saturated carbocycles. The molecule has 0 saturated heterocycles. The van der Waals surface area contributed by atoms with E-state index in [0.717, 1.165) is 5.56 Å². The second-order valence-corrected chi connectivity index (χ2v) is 8.00. The number of hydrogen-bond donors (Lipinski definition) is 3. The largest absolute Gasteiger partial charge is 0.359 e. The molecule has 3 N–H and O–H groups in total. The predicted molar refractivity (Wildman–Crippen MR) is 113 cm³/mol. The average Bonchev–Trinajstić information content (AvgIpc) is 3.13. The molecular formula is C19H18FN5O3S2. The number of thioether (sulfide) groups is 1. The number of aromatic amines is 1. The molecule has 0 bridgehead atoms. The van der Waals surface area contributed by atoms with Gasteiger partial charge in [0.05, 0.1) is 24.2 Å². The first-order chi connectivity index (χ1) is 14.4. The Morgan fingerprint density at radius 1 is 1.13 bits per heavy atom. The number of carbonyl (C=O) groups excluding carboxylic acids is 2. The lowest BCUT2D eigenvalue weighted by Gasteiger charge is -2.05. The monoisotopic (exact) mass is 447 g/mol. The van der Waals surface area contributed by atoms with E-state index in [1.807, 2.05) is 0 Å². The van der Waals surface area contributed by atoms with E-state index in [1.54, 1.807) is 17.5 Å². The average molecular weight is 448 g/mol. The number of likely N-dealkylation sites (N-methyl/N-ethyl adjacent to an activating group) is 1. The smallest absolute Gasteiger partial charge is 0.251 e. The third kappa shape index (κ3) is 6.49. The minimum Gasteiger partial charge on any atom is -0.359 e. The fourth-order valence-electron chi connectivity index (χ4n) is 2.40. The molecule has 2 heterocycles. The summed E-state index contributed by atoms with van der Waals surface area (Å²) in [6, 6.07) is 7.31. The van der Waals surface area contributed by atoms with Crippen LogP contribution in [0.3, 0.4) is 0 Å². The maximum absolute atomic E-state index is 13.0. The van der Waals surface area contributed by atoms with E-state index in [4.69, 9.17) is 0 Å². The number of amides is 2. The van der Waals surface area contributed by atoms with E-state index in [9.17, 15) is 18.8 Å². The second-order valence-electron chi connectivity index (χ2n) is 6.18. The van der Waals surface area contributed by atoms with Crippen LogP contribution < -0.4 is 16.2 Å². The molecule has 0 unspecified atom stereocenters. The van der Waals surface area contributed by atoms with E-state index in [0.29, 0.717) is 27.4 Å². The molecule has 8 nitrogen and oxygen atoms in total. The van der Waals surface area contributed by atoms with Crippen LogP contribution in [0.15, 0.2) is 45.7 Å². The van der Waals surface area contributed by atoms with E-state index in [1.165, 1.54) is 48.3 Å². The highest BCUT2D eigenvalue weighted by molar-refractivity contribution is 7.98. The number of rotatable bonds is 8. The van der Waals surface area contributed by atoms with E-state index < -0.39 is 0 Å². The molecule has 30 heavy (non-hydrogen) atoms. The first kappa shape index (κ1) is 21.7. The summed E-state index contributed by atoms with van der Waals surface area (Å²) in [6.07, 6.45) is 0.0332. The molecule has 1 aromatic carbocycles. The van der Waals surface area contributed by atoms with Gasteiger partial charge in [-0.2, -0.15) is 0 Å². The van der Waals surface area contributed by atoms with Gasteiger partial charge < -0.3 is 15.6 Å². The summed E-state index contributed by atoms with van der Waals surface area (Å²) in [5, 5.41) is 7.59. The van der Waals surface area contributed by atoms with Gasteiger partial charge in [-0.1, -0.05) is 23.9 Å². The molecule has 11 heteroatoms. The third-order valence-electron chi connectivity index (χ3n) is 3.82. The fourth-order valence-corrected chi connectivity index (χ4v) is 3.98. The zero-order chi connectivity index (χ0) is 21.5. The Morgan fingerprint density at radius 2 is 1.87 bits per heavy atom. The van der Waals surface area contributed by atoms with Gasteiger partial charge in [0, 0.05) is 24.2 Å². The van der Waals surface area contributed by atoms with E-state index in [2.05, 4.69) is 25.6 Å². The van der Waals surface area contributed by atoms with E-state index in [-0.39, 0.29) is 36.0 Å². The molecule has 2 aromatic heterocycles. The van der Waals surface area contributed by atoms with Gasteiger partial charge in [-0.05, 0) is 17.7 Å². The highest BCUT2D eigenvalue weighted by atomic mass is 32.2. The Labute approximate surface area is 179 Å². The molecule has 3 rings (SSSR count). The maximum atomic E-state index is 13.0. The number of halogens is 1. The number of nitrogens with zero attached hydrogens (tertiary/aromatic N) is 2. The number of thiazole rings is 1. The van der Waals surface area contributed by atoms with Crippen LogP contribution in [-0.4, -0.2) is 33.8 Å². The Morgan fingerprint density at radius 3 is 2.60 bits per heavy atom. The van der Waals surface area contributed by atoms with Crippen molar-refractivity contribution in [3.63, 3.8) is 0 Å². The molecule has 0 aliphatic rings. The Hall–Kier alpha value is -3.05. The van der Waals surface area contributed by atoms with Crippen LogP contribution in [0.25, 0.3) is 0 Å². The number of carbonyl (C=O) groups is 2. The summed E-state index contributed by atoms with van der Waals surface area (Å²) in [5.74, 6) is -0.365. The number of benzene rings is 1. The summed E-state index contributed by atoms with van der Waals surface area (Å²) in [4.78, 5) is 46.7. The summed E-state index contributed by atoms with van der Waals surface area (Å²) in [7, 11) is 1.54. The molecule has 0 spiro atoms. The number of nitrogens with one attached hydrogen (secondary N) is 3. The molecular weight excluding hydrogens is 429 g/mol. The van der Waals surface area contributed by atoms with Crippen molar-refractivity contribution in [3.05, 3.63) is 68.8 Å². The zero-order valence-electron chi connectivity index (χ0n) is 15.9. The van der Waals surface area contributed by atoms with Crippen molar-refractivity contribution in [2.24, 2.45) is 0 Å². The lowest BCUT2D eigenvalue weighted by Crippen LogP contribution is -2.20. The molecule has 0 aliphatic carbocycles. The van der Waals surface area contributed by atoms with Crippen molar-refractivity contribution < 1.29 is 14.0 Å². The lowest BCUT2D eigenvalue weighted by molar-refractivity contribution is -0.120. The first-order valence-corrected chi connectivity index (χ1v) is 10.7. The third-order valence-corrected chi connectivity index (χ3v) is 5.57. The molecule has 156 valence electrons. The quantitative estimate of drug-likeness (QED) is 0.360. The Kier molecular flexibility index (Phi) is 7.31. The van der Waals surface area contributed by atoms with Crippen LogP contribution in [0.5, 0.6) is 0 Å². The molecule has 3 aromatic rings. The van der Waals surface area contributed by atoms with Gasteiger partial charge in [-0.3, -0.25) is 14.4 Å². The van der Waals surface area contributed by atoms with Crippen LogP contribution in [0, 0.1) is 5.82 Å². The standard InChI is InChI=1S/C19H18FN5O3S2/c1-21-15(26)8-14-10-30-19(23-14)25-17(28)7-13-6-16(27)24-18(22-13)29-9-11-2-4-12(20)5-3-11/h2-6,10H,7-9H2,1H3,(H,21,26)(H,22,24,27)(H,23,25,28). The van der Waals surface area contributed by atoms with Crippen molar-refractivity contribution in [3.8, 4) is 0 Å². The fraction of sp³-hybridized carbons (Fsp3) is 0.211. The van der Waals surface area contributed by atoms with Gasteiger partial charge in [0.2, 0.25) is 11.8 Å². The summed E-state index contributed by atoms with van der Waals surface area (Å²) < 4.78 is 13.0. The Balaban J connectivity index is 1.59. The Bertz CT molecular complexity index is 1100. The zero-order valence-corrected chi connectivity index (χ0v) is 17.5. The lowest BCUT2D eigenvalue weighted by atomic mass is 10.2. The van der Waals surface area contributed by atoms with Gasteiger partial charge in [-0.25, -0.2) is 14.4 Å². The molecule has 0 radical (unpaired) electrons. The maximum Gasteiger partial charge on any atom is 0.251 e. The van der Waals surface area contributed by atoms with Crippen molar-refractivity contribution in [1.82, 2.24) is 20.3 Å². The van der Waals surface area contributed by atoms with Gasteiger partial charge >= 0.3 is 0 Å². The highest BCUT2D eigenvalue weighted by Gasteiger charge is 2.12. The van der Waals surface area contributed by atoms with Crippen LogP contribution in [0.2, 0.25) is 0 Å². The first-order valence-electron chi connectivity index (χ1n) is 8.83. The highest BCUT2D eigenvalue weighted by Crippen LogP contribution is 2.19. The van der Waals surface area contributed by atoms with Crippen molar-refractivity contribution in [2.45, 2.75) is 23.8 Å². The van der Waals surface area contributed by atoms with Crippen molar-refractivity contribution in [1.29, 1.82) is 0 Å². The minimum atomic E-state index is -0.372. The summed E-state index contributed by atoms with van der Waals surface area (Å²) in [5.41, 5.74) is 1.39. The number of anilines is 1. The van der Waals surface area contributed by atoms with Crippen molar-refractivity contribution >= 4 is 40.0 Å². The topological polar surface area (TPSA) is 117 Å². The number of H-pyrrole nitrogens is 1. The molecule has 0 aliphatic heterocycles. The predicted octanol–water partition coefficient (Wildman–Crippen LogP) is 2.13. The molecule has 2 amide bonds. The summed E-state index contributed by atoms with van der Waals surface area (Å²) >= 11 is 2.49. The minimum absolute atomic E-state index is 0.0988.